The third kappa shape index (κ3) is 3.05. The molecule has 0 radical (unpaired) electrons. The lowest BCUT2D eigenvalue weighted by atomic mass is 10.3. The molecular weight excluding hydrogens is 182 g/mol. The molecular formula is C10H13NO3. The van der Waals surface area contributed by atoms with Gasteiger partial charge >= 0.3 is 5.97 Å². The first-order valence-corrected chi connectivity index (χ1v) is 4.54. The molecule has 1 heterocycles. The van der Waals surface area contributed by atoms with Gasteiger partial charge in [-0.1, -0.05) is 0 Å². The predicted octanol–water partition coefficient (Wildman–Crippen LogP) is 1.01. The number of aromatic nitrogens is 1. The lowest BCUT2D eigenvalue weighted by Crippen LogP contribution is -2.18. The highest BCUT2D eigenvalue weighted by Crippen LogP contribution is 1.95. The van der Waals surface area contributed by atoms with Gasteiger partial charge in [-0.15, -0.1) is 0 Å². The van der Waals surface area contributed by atoms with Gasteiger partial charge in [0.25, 0.3) is 0 Å². The number of esters is 1. The Labute approximate surface area is 82.5 Å². The SMILES string of the molecule is CCOC(=O)C(=O)CCn1cccc1. The third-order valence-corrected chi connectivity index (χ3v) is 1.77. The molecule has 0 unspecified atom stereocenters. The Kier molecular flexibility index (Phi) is 3.91. The van der Waals surface area contributed by atoms with Crippen molar-refractivity contribution >= 4 is 11.8 Å². The van der Waals surface area contributed by atoms with E-state index in [-0.39, 0.29) is 13.0 Å². The molecule has 4 nitrogen and oxygen atoms in total. The summed E-state index contributed by atoms with van der Waals surface area (Å²) in [6, 6.07) is 3.74. The van der Waals surface area contributed by atoms with E-state index in [1.165, 1.54) is 0 Å². The second-order valence-electron chi connectivity index (χ2n) is 2.81. The second kappa shape index (κ2) is 5.21. The number of carbonyl (C=O) groups excluding carboxylic acids is 2. The van der Waals surface area contributed by atoms with Crippen LogP contribution in [0.25, 0.3) is 0 Å². The van der Waals surface area contributed by atoms with Crippen LogP contribution in [0, 0.1) is 0 Å². The van der Waals surface area contributed by atoms with Gasteiger partial charge in [-0.3, -0.25) is 4.79 Å². The van der Waals surface area contributed by atoms with Gasteiger partial charge in [0.05, 0.1) is 6.61 Å². The van der Waals surface area contributed by atoms with Crippen molar-refractivity contribution in [2.75, 3.05) is 6.61 Å². The summed E-state index contributed by atoms with van der Waals surface area (Å²) in [5.41, 5.74) is 0. The Hall–Kier alpha value is -1.58. The van der Waals surface area contributed by atoms with Gasteiger partial charge in [-0.25, -0.2) is 4.79 Å². The summed E-state index contributed by atoms with van der Waals surface area (Å²) in [4.78, 5) is 22.1. The van der Waals surface area contributed by atoms with Crippen molar-refractivity contribution in [2.45, 2.75) is 19.9 Å². The van der Waals surface area contributed by atoms with E-state index in [2.05, 4.69) is 4.74 Å². The molecule has 1 aromatic heterocycles. The maximum absolute atomic E-state index is 11.1. The van der Waals surface area contributed by atoms with E-state index in [1.807, 2.05) is 29.1 Å². The monoisotopic (exact) mass is 195 g/mol. The molecule has 0 aliphatic heterocycles. The molecule has 14 heavy (non-hydrogen) atoms. The van der Waals surface area contributed by atoms with Crippen LogP contribution in [0.3, 0.4) is 0 Å². The Bertz CT molecular complexity index is 303. The second-order valence-corrected chi connectivity index (χ2v) is 2.81. The van der Waals surface area contributed by atoms with Crippen molar-refractivity contribution in [3.63, 3.8) is 0 Å². The number of nitrogens with zero attached hydrogens (tertiary/aromatic N) is 1. The number of carbonyl (C=O) groups is 2. The zero-order chi connectivity index (χ0) is 10.4. The average molecular weight is 195 g/mol. The summed E-state index contributed by atoms with van der Waals surface area (Å²) in [6.07, 6.45) is 3.88. The van der Waals surface area contributed by atoms with Crippen LogP contribution in [0.15, 0.2) is 24.5 Å². The minimum Gasteiger partial charge on any atom is -0.460 e. The summed E-state index contributed by atoms with van der Waals surface area (Å²) in [5, 5.41) is 0. The smallest absolute Gasteiger partial charge is 0.374 e. The zero-order valence-corrected chi connectivity index (χ0v) is 8.10. The molecule has 0 N–H and O–H groups in total. The molecule has 0 saturated carbocycles. The predicted molar refractivity (Wildman–Crippen MR) is 50.7 cm³/mol. The number of Topliss-reactive ketones (excluding diaryl/α,β-unsaturated/α-hetero) is 1. The van der Waals surface area contributed by atoms with Crippen LogP contribution >= 0.6 is 0 Å². The van der Waals surface area contributed by atoms with Gasteiger partial charge in [-0.05, 0) is 19.1 Å². The molecule has 0 aliphatic carbocycles. The number of hydrogen-bond acceptors (Lipinski definition) is 3. The highest BCUT2D eigenvalue weighted by molar-refractivity contribution is 6.33. The normalized spacial score (nSPS) is 9.79. The number of rotatable bonds is 5. The zero-order valence-electron chi connectivity index (χ0n) is 8.10. The Morgan fingerprint density at radius 2 is 1.93 bits per heavy atom. The van der Waals surface area contributed by atoms with Crippen LogP contribution in [0.4, 0.5) is 0 Å². The van der Waals surface area contributed by atoms with E-state index >= 15 is 0 Å². The maximum atomic E-state index is 11.1. The van der Waals surface area contributed by atoms with E-state index in [0.29, 0.717) is 6.54 Å². The van der Waals surface area contributed by atoms with Crippen LogP contribution in [0.5, 0.6) is 0 Å². The molecule has 0 spiro atoms. The summed E-state index contributed by atoms with van der Waals surface area (Å²) >= 11 is 0. The lowest BCUT2D eigenvalue weighted by molar-refractivity contribution is -0.153. The van der Waals surface area contributed by atoms with E-state index < -0.39 is 11.8 Å². The fourth-order valence-corrected chi connectivity index (χ4v) is 1.06. The van der Waals surface area contributed by atoms with Crippen molar-refractivity contribution in [1.29, 1.82) is 0 Å². The number of ether oxygens (including phenoxy) is 1. The molecule has 76 valence electrons. The summed E-state index contributed by atoms with van der Waals surface area (Å²) in [5.74, 6) is -1.21. The average Bonchev–Trinajstić information content (AvgIpc) is 2.67. The standard InChI is InChI=1S/C10H13NO3/c1-2-14-10(13)9(12)5-8-11-6-3-4-7-11/h3-4,6-7H,2,5,8H2,1H3. The minimum absolute atomic E-state index is 0.188. The Morgan fingerprint density at radius 1 is 1.29 bits per heavy atom. The van der Waals surface area contributed by atoms with Crippen LogP contribution in [0.1, 0.15) is 13.3 Å². The molecule has 0 amide bonds. The first-order chi connectivity index (χ1) is 6.74. The van der Waals surface area contributed by atoms with Crippen molar-refractivity contribution in [3.8, 4) is 0 Å². The molecule has 0 saturated heterocycles. The highest BCUT2D eigenvalue weighted by Gasteiger charge is 2.13. The summed E-state index contributed by atoms with van der Waals surface area (Å²) in [6.45, 7) is 2.44. The fourth-order valence-electron chi connectivity index (χ4n) is 1.06. The maximum Gasteiger partial charge on any atom is 0.374 e. The fraction of sp³-hybridized carbons (Fsp3) is 0.400. The quantitative estimate of drug-likeness (QED) is 0.520. The van der Waals surface area contributed by atoms with Crippen LogP contribution in [-0.2, 0) is 20.9 Å². The minimum atomic E-state index is -0.736. The van der Waals surface area contributed by atoms with Crippen molar-refractivity contribution in [2.24, 2.45) is 0 Å². The third-order valence-electron chi connectivity index (χ3n) is 1.77. The Morgan fingerprint density at radius 3 is 2.50 bits per heavy atom. The number of ketones is 1. The van der Waals surface area contributed by atoms with Gasteiger partial charge < -0.3 is 9.30 Å². The molecule has 0 atom stereocenters. The topological polar surface area (TPSA) is 48.3 Å². The molecule has 0 fully saturated rings. The number of aryl methyl sites for hydroxylation is 1. The van der Waals surface area contributed by atoms with Gasteiger partial charge in [-0.2, -0.15) is 0 Å². The molecule has 0 aliphatic rings. The van der Waals surface area contributed by atoms with E-state index in [4.69, 9.17) is 0 Å². The molecule has 1 rings (SSSR count). The molecule has 0 bridgehead atoms. The molecule has 4 heteroatoms. The van der Waals surface area contributed by atoms with Gasteiger partial charge in [0.1, 0.15) is 0 Å². The van der Waals surface area contributed by atoms with Crippen LogP contribution in [0.2, 0.25) is 0 Å². The highest BCUT2D eigenvalue weighted by atomic mass is 16.5. The summed E-state index contributed by atoms with van der Waals surface area (Å²) < 4.78 is 6.42. The lowest BCUT2D eigenvalue weighted by Gasteiger charge is -2.01. The van der Waals surface area contributed by atoms with Gasteiger partial charge in [0, 0.05) is 25.4 Å². The van der Waals surface area contributed by atoms with Crippen molar-refractivity contribution < 1.29 is 14.3 Å². The van der Waals surface area contributed by atoms with E-state index in [9.17, 15) is 9.59 Å². The van der Waals surface area contributed by atoms with Crippen LogP contribution in [-0.4, -0.2) is 22.9 Å². The summed E-state index contributed by atoms with van der Waals surface area (Å²) in [7, 11) is 0. The first kappa shape index (κ1) is 10.5. The largest absolute Gasteiger partial charge is 0.460 e. The van der Waals surface area contributed by atoms with Crippen molar-refractivity contribution in [1.82, 2.24) is 4.57 Å². The van der Waals surface area contributed by atoms with E-state index in [0.717, 1.165) is 0 Å². The van der Waals surface area contributed by atoms with Gasteiger partial charge in [0.2, 0.25) is 5.78 Å². The Balaban J connectivity index is 2.31. The van der Waals surface area contributed by atoms with Crippen LogP contribution < -0.4 is 0 Å². The van der Waals surface area contributed by atoms with Crippen molar-refractivity contribution in [3.05, 3.63) is 24.5 Å². The van der Waals surface area contributed by atoms with E-state index in [1.54, 1.807) is 6.92 Å². The molecule has 1 aromatic rings. The number of hydrogen-bond donors (Lipinski definition) is 0. The first-order valence-electron chi connectivity index (χ1n) is 4.54. The van der Waals surface area contributed by atoms with Gasteiger partial charge in [0.15, 0.2) is 0 Å². The molecule has 0 aromatic carbocycles.